The van der Waals surface area contributed by atoms with Gasteiger partial charge < -0.3 is 19.5 Å². The Bertz CT molecular complexity index is 838. The van der Waals surface area contributed by atoms with Crippen molar-refractivity contribution in [1.82, 2.24) is 10.2 Å². The van der Waals surface area contributed by atoms with Gasteiger partial charge in [0, 0.05) is 12.6 Å². The van der Waals surface area contributed by atoms with Crippen molar-refractivity contribution in [3.63, 3.8) is 0 Å². The Morgan fingerprint density at radius 3 is 2.45 bits per heavy atom. The predicted molar refractivity (Wildman–Crippen MR) is 122 cm³/mol. The number of carbonyl (C=O) groups excluding carboxylic acids is 1. The van der Waals surface area contributed by atoms with Crippen LogP contribution in [0.5, 0.6) is 17.2 Å². The molecule has 2 aromatic carbocycles. The van der Waals surface area contributed by atoms with Gasteiger partial charge in [-0.05, 0) is 61.2 Å². The van der Waals surface area contributed by atoms with Crippen molar-refractivity contribution in [3.8, 4) is 17.2 Å². The molecule has 31 heavy (non-hydrogen) atoms. The third-order valence-corrected chi connectivity index (χ3v) is 5.89. The van der Waals surface area contributed by atoms with Gasteiger partial charge >= 0.3 is 0 Å². The molecule has 1 aliphatic rings. The van der Waals surface area contributed by atoms with Crippen LogP contribution in [-0.4, -0.2) is 51.8 Å². The summed E-state index contributed by atoms with van der Waals surface area (Å²) >= 11 is 0. The molecule has 1 unspecified atom stereocenters. The molecule has 1 atom stereocenters. The summed E-state index contributed by atoms with van der Waals surface area (Å²) in [4.78, 5) is 15.0. The molecule has 0 aliphatic carbocycles. The SMILES string of the molecule is COc1ccc(C2CCCCCN2CC(=O)NCCc2ccc(OC)c(OC)c2)cc1. The molecule has 0 saturated carbocycles. The third kappa shape index (κ3) is 6.37. The maximum absolute atomic E-state index is 12.7. The fourth-order valence-corrected chi connectivity index (χ4v) is 4.18. The summed E-state index contributed by atoms with van der Waals surface area (Å²) in [6, 6.07) is 14.4. The molecule has 1 amide bonds. The molecular formula is C25H34N2O4. The quantitative estimate of drug-likeness (QED) is 0.657. The first kappa shape index (κ1) is 22.9. The van der Waals surface area contributed by atoms with Crippen LogP contribution in [0.25, 0.3) is 0 Å². The van der Waals surface area contributed by atoms with Crippen LogP contribution in [0, 0.1) is 0 Å². The molecule has 2 aromatic rings. The number of carbonyl (C=O) groups is 1. The summed E-state index contributed by atoms with van der Waals surface area (Å²) in [5.74, 6) is 2.34. The Kier molecular flexibility index (Phi) is 8.59. The van der Waals surface area contributed by atoms with Crippen LogP contribution >= 0.6 is 0 Å². The zero-order valence-corrected chi connectivity index (χ0v) is 18.9. The van der Waals surface area contributed by atoms with Crippen LogP contribution in [0.15, 0.2) is 42.5 Å². The molecule has 1 saturated heterocycles. The van der Waals surface area contributed by atoms with Gasteiger partial charge in [-0.1, -0.05) is 31.0 Å². The molecule has 0 bridgehead atoms. The normalized spacial score (nSPS) is 16.9. The number of benzene rings is 2. The van der Waals surface area contributed by atoms with Crippen LogP contribution in [0.1, 0.15) is 42.9 Å². The second kappa shape index (κ2) is 11.6. The van der Waals surface area contributed by atoms with Crippen molar-refractivity contribution in [2.24, 2.45) is 0 Å². The Morgan fingerprint density at radius 1 is 0.968 bits per heavy atom. The first-order chi connectivity index (χ1) is 15.1. The van der Waals surface area contributed by atoms with Gasteiger partial charge in [0.05, 0.1) is 27.9 Å². The summed E-state index contributed by atoms with van der Waals surface area (Å²) in [5, 5.41) is 3.08. The van der Waals surface area contributed by atoms with E-state index in [1.165, 1.54) is 18.4 Å². The number of hydrogen-bond donors (Lipinski definition) is 1. The van der Waals surface area contributed by atoms with Crippen LogP contribution < -0.4 is 19.5 Å². The predicted octanol–water partition coefficient (Wildman–Crippen LogP) is 3.99. The Morgan fingerprint density at radius 2 is 1.74 bits per heavy atom. The van der Waals surface area contributed by atoms with Crippen molar-refractivity contribution >= 4 is 5.91 Å². The Labute approximate surface area is 185 Å². The second-order valence-electron chi connectivity index (χ2n) is 7.90. The molecule has 3 rings (SSSR count). The van der Waals surface area contributed by atoms with Crippen LogP contribution in [0.2, 0.25) is 0 Å². The number of amides is 1. The molecule has 6 heteroatoms. The number of methoxy groups -OCH3 is 3. The van der Waals surface area contributed by atoms with E-state index >= 15 is 0 Å². The van der Waals surface area contributed by atoms with Gasteiger partial charge in [-0.3, -0.25) is 9.69 Å². The van der Waals surface area contributed by atoms with E-state index in [1.807, 2.05) is 30.3 Å². The number of nitrogens with zero attached hydrogens (tertiary/aromatic N) is 1. The van der Waals surface area contributed by atoms with Gasteiger partial charge in [-0.2, -0.15) is 0 Å². The number of rotatable bonds is 9. The van der Waals surface area contributed by atoms with Crippen molar-refractivity contribution in [2.45, 2.75) is 38.1 Å². The molecule has 0 aromatic heterocycles. The largest absolute Gasteiger partial charge is 0.497 e. The topological polar surface area (TPSA) is 60.0 Å². The highest BCUT2D eigenvalue weighted by Crippen LogP contribution is 2.31. The highest BCUT2D eigenvalue weighted by Gasteiger charge is 2.24. The summed E-state index contributed by atoms with van der Waals surface area (Å²) in [6.07, 6.45) is 5.35. The maximum atomic E-state index is 12.7. The average molecular weight is 427 g/mol. The average Bonchev–Trinajstić information content (AvgIpc) is 3.04. The van der Waals surface area contributed by atoms with E-state index in [9.17, 15) is 4.79 Å². The van der Waals surface area contributed by atoms with E-state index in [0.29, 0.717) is 24.6 Å². The van der Waals surface area contributed by atoms with Crippen LogP contribution in [-0.2, 0) is 11.2 Å². The summed E-state index contributed by atoms with van der Waals surface area (Å²) in [6.45, 7) is 1.96. The fourth-order valence-electron chi connectivity index (χ4n) is 4.18. The van der Waals surface area contributed by atoms with E-state index in [1.54, 1.807) is 21.3 Å². The third-order valence-electron chi connectivity index (χ3n) is 5.89. The number of likely N-dealkylation sites (tertiary alicyclic amines) is 1. The first-order valence-electron chi connectivity index (χ1n) is 11.0. The lowest BCUT2D eigenvalue weighted by molar-refractivity contribution is -0.122. The maximum Gasteiger partial charge on any atom is 0.234 e. The molecule has 0 radical (unpaired) electrons. The van der Waals surface area contributed by atoms with Gasteiger partial charge in [-0.25, -0.2) is 0 Å². The molecule has 1 heterocycles. The van der Waals surface area contributed by atoms with E-state index in [4.69, 9.17) is 14.2 Å². The van der Waals surface area contributed by atoms with E-state index < -0.39 is 0 Å². The van der Waals surface area contributed by atoms with Gasteiger partial charge in [0.25, 0.3) is 0 Å². The molecule has 0 spiro atoms. The monoisotopic (exact) mass is 426 g/mol. The summed E-state index contributed by atoms with van der Waals surface area (Å²) in [5.41, 5.74) is 2.35. The highest BCUT2D eigenvalue weighted by atomic mass is 16.5. The summed E-state index contributed by atoms with van der Waals surface area (Å²) in [7, 11) is 4.93. The minimum absolute atomic E-state index is 0.0703. The lowest BCUT2D eigenvalue weighted by Crippen LogP contribution is -2.39. The van der Waals surface area contributed by atoms with Crippen molar-refractivity contribution in [1.29, 1.82) is 0 Å². The molecule has 1 N–H and O–H groups in total. The molecule has 6 nitrogen and oxygen atoms in total. The summed E-state index contributed by atoms with van der Waals surface area (Å²) < 4.78 is 15.9. The second-order valence-corrected chi connectivity index (χ2v) is 7.90. The molecule has 168 valence electrons. The lowest BCUT2D eigenvalue weighted by Gasteiger charge is -2.29. The Balaban J connectivity index is 1.55. The van der Waals surface area contributed by atoms with Crippen molar-refractivity contribution in [3.05, 3.63) is 53.6 Å². The number of hydrogen-bond acceptors (Lipinski definition) is 5. The van der Waals surface area contributed by atoms with Gasteiger partial charge in [-0.15, -0.1) is 0 Å². The first-order valence-corrected chi connectivity index (χ1v) is 11.0. The van der Waals surface area contributed by atoms with Gasteiger partial charge in [0.15, 0.2) is 11.5 Å². The zero-order chi connectivity index (χ0) is 22.1. The van der Waals surface area contributed by atoms with Crippen molar-refractivity contribution < 1.29 is 19.0 Å². The lowest BCUT2D eigenvalue weighted by atomic mass is 10.0. The minimum atomic E-state index is 0.0703. The number of ether oxygens (including phenoxy) is 3. The molecule has 1 fully saturated rings. The van der Waals surface area contributed by atoms with E-state index in [0.717, 1.165) is 37.1 Å². The van der Waals surface area contributed by atoms with Crippen molar-refractivity contribution in [2.75, 3.05) is 41.0 Å². The van der Waals surface area contributed by atoms with Crippen LogP contribution in [0.3, 0.4) is 0 Å². The fraction of sp³-hybridized carbons (Fsp3) is 0.480. The van der Waals surface area contributed by atoms with E-state index in [2.05, 4.69) is 22.3 Å². The van der Waals surface area contributed by atoms with Gasteiger partial charge in [0.1, 0.15) is 5.75 Å². The molecular weight excluding hydrogens is 392 g/mol. The smallest absolute Gasteiger partial charge is 0.234 e. The minimum Gasteiger partial charge on any atom is -0.497 e. The van der Waals surface area contributed by atoms with Gasteiger partial charge in [0.2, 0.25) is 5.91 Å². The van der Waals surface area contributed by atoms with E-state index in [-0.39, 0.29) is 11.9 Å². The zero-order valence-electron chi connectivity index (χ0n) is 18.9. The van der Waals surface area contributed by atoms with Crippen LogP contribution in [0.4, 0.5) is 0 Å². The Hall–Kier alpha value is -2.73. The standard InChI is InChI=1S/C25H34N2O4/c1-29-21-11-9-20(10-12-21)22-7-5-4-6-16-27(22)18-25(28)26-15-14-19-8-13-23(30-2)24(17-19)31-3/h8-13,17,22H,4-7,14-16,18H2,1-3H3,(H,26,28). The molecule has 1 aliphatic heterocycles. The number of nitrogens with one attached hydrogen (secondary N) is 1. The highest BCUT2D eigenvalue weighted by molar-refractivity contribution is 5.78.